The molecule has 21 heavy (non-hydrogen) atoms. The second-order valence-electron chi connectivity index (χ2n) is 4.88. The molecule has 2 aromatic rings. The number of sulfonamides is 1. The molecule has 0 bridgehead atoms. The van der Waals surface area contributed by atoms with Crippen LogP contribution in [0.2, 0.25) is 0 Å². The summed E-state index contributed by atoms with van der Waals surface area (Å²) in [5.74, 6) is 0. The van der Waals surface area contributed by atoms with E-state index in [0.29, 0.717) is 17.0 Å². The number of aliphatic hydroxyl groups is 1. The summed E-state index contributed by atoms with van der Waals surface area (Å²) in [6.07, 6.45) is 2.40. The van der Waals surface area contributed by atoms with Gasteiger partial charge in [-0.2, -0.15) is 5.10 Å². The third-order valence-corrected chi connectivity index (χ3v) is 5.06. The van der Waals surface area contributed by atoms with Gasteiger partial charge < -0.3 is 9.52 Å². The molecule has 0 saturated heterocycles. The van der Waals surface area contributed by atoms with Gasteiger partial charge in [-0.05, 0) is 26.3 Å². The first-order valence-corrected chi connectivity index (χ1v) is 8.01. The Labute approximate surface area is 123 Å². The number of nitrogens with zero attached hydrogens (tertiary/aromatic N) is 2. The van der Waals surface area contributed by atoms with Gasteiger partial charge in [0, 0.05) is 19.2 Å². The minimum atomic E-state index is -3.63. The average molecular weight is 313 g/mol. The standard InChI is InChI=1S/C13H19N3O4S/c1-9-13(10(2)16(3)15-9)21(18,19)14-6-4-12(17)11-5-7-20-8-11/h5,7-8,12,14,17H,4,6H2,1-3H3/t12-/m1/s1. The number of rotatable bonds is 6. The molecule has 8 heteroatoms. The molecule has 0 radical (unpaired) electrons. The van der Waals surface area contributed by atoms with E-state index in [1.165, 1.54) is 17.2 Å². The quantitative estimate of drug-likeness (QED) is 0.830. The molecule has 0 fully saturated rings. The van der Waals surface area contributed by atoms with Crippen molar-refractivity contribution in [3.8, 4) is 0 Å². The zero-order valence-corrected chi connectivity index (χ0v) is 13.0. The molecule has 0 aromatic carbocycles. The third-order valence-electron chi connectivity index (χ3n) is 3.35. The molecular formula is C13H19N3O4S. The van der Waals surface area contributed by atoms with E-state index in [4.69, 9.17) is 4.42 Å². The Morgan fingerprint density at radius 3 is 2.71 bits per heavy atom. The normalized spacial score (nSPS) is 13.5. The van der Waals surface area contributed by atoms with Gasteiger partial charge in [-0.15, -0.1) is 0 Å². The van der Waals surface area contributed by atoms with Crippen LogP contribution in [0.15, 0.2) is 27.9 Å². The highest BCUT2D eigenvalue weighted by atomic mass is 32.2. The van der Waals surface area contributed by atoms with Gasteiger partial charge >= 0.3 is 0 Å². The summed E-state index contributed by atoms with van der Waals surface area (Å²) in [7, 11) is -1.93. The molecule has 0 amide bonds. The van der Waals surface area contributed by atoms with E-state index in [2.05, 4.69) is 9.82 Å². The summed E-state index contributed by atoms with van der Waals surface area (Å²) in [5, 5.41) is 14.0. The predicted octanol–water partition coefficient (Wildman–Crippen LogP) is 1.03. The number of aryl methyl sites for hydroxylation is 2. The Morgan fingerprint density at radius 1 is 1.48 bits per heavy atom. The molecule has 2 rings (SSSR count). The molecular weight excluding hydrogens is 294 g/mol. The second-order valence-corrected chi connectivity index (χ2v) is 6.59. The fourth-order valence-electron chi connectivity index (χ4n) is 2.18. The Morgan fingerprint density at radius 2 is 2.19 bits per heavy atom. The molecule has 0 unspecified atom stereocenters. The van der Waals surface area contributed by atoms with Crippen molar-refractivity contribution in [2.45, 2.75) is 31.3 Å². The van der Waals surface area contributed by atoms with Crippen molar-refractivity contribution in [1.29, 1.82) is 0 Å². The van der Waals surface area contributed by atoms with Gasteiger partial charge in [-0.1, -0.05) is 0 Å². The smallest absolute Gasteiger partial charge is 0.244 e. The minimum Gasteiger partial charge on any atom is -0.472 e. The van der Waals surface area contributed by atoms with E-state index in [1.54, 1.807) is 27.0 Å². The van der Waals surface area contributed by atoms with Crippen molar-refractivity contribution in [3.63, 3.8) is 0 Å². The Kier molecular flexibility index (Phi) is 4.50. The summed E-state index contributed by atoms with van der Waals surface area (Å²) < 4.78 is 33.5. The second kappa shape index (κ2) is 6.00. The number of aromatic nitrogens is 2. The van der Waals surface area contributed by atoms with E-state index in [0.717, 1.165) is 0 Å². The summed E-state index contributed by atoms with van der Waals surface area (Å²) in [4.78, 5) is 0.197. The maximum Gasteiger partial charge on any atom is 0.244 e. The van der Waals surface area contributed by atoms with Crippen molar-refractivity contribution >= 4 is 10.0 Å². The number of aliphatic hydroxyl groups excluding tert-OH is 1. The fraction of sp³-hybridized carbons (Fsp3) is 0.462. The highest BCUT2D eigenvalue weighted by Crippen LogP contribution is 2.19. The molecule has 0 spiro atoms. The first-order valence-electron chi connectivity index (χ1n) is 6.53. The zero-order chi connectivity index (χ0) is 15.6. The average Bonchev–Trinajstić information content (AvgIpc) is 2.98. The largest absolute Gasteiger partial charge is 0.472 e. The van der Waals surface area contributed by atoms with Gasteiger partial charge in [-0.3, -0.25) is 4.68 Å². The third kappa shape index (κ3) is 3.34. The van der Waals surface area contributed by atoms with Crippen LogP contribution >= 0.6 is 0 Å². The van der Waals surface area contributed by atoms with Crippen LogP contribution in [-0.2, 0) is 17.1 Å². The monoisotopic (exact) mass is 313 g/mol. The lowest BCUT2D eigenvalue weighted by molar-refractivity contribution is 0.168. The van der Waals surface area contributed by atoms with Crippen molar-refractivity contribution < 1.29 is 17.9 Å². The van der Waals surface area contributed by atoms with Crippen LogP contribution in [0.1, 0.15) is 29.5 Å². The first kappa shape index (κ1) is 15.7. The zero-order valence-electron chi connectivity index (χ0n) is 12.2. The van der Waals surface area contributed by atoms with E-state index in [9.17, 15) is 13.5 Å². The summed E-state index contributed by atoms with van der Waals surface area (Å²) in [5.41, 5.74) is 1.66. The highest BCUT2D eigenvalue weighted by molar-refractivity contribution is 7.89. The lowest BCUT2D eigenvalue weighted by Gasteiger charge is -2.10. The predicted molar refractivity (Wildman–Crippen MR) is 76.2 cm³/mol. The van der Waals surface area contributed by atoms with Crippen LogP contribution in [0.4, 0.5) is 0 Å². The van der Waals surface area contributed by atoms with Gasteiger partial charge in [0.15, 0.2) is 0 Å². The van der Waals surface area contributed by atoms with Crippen LogP contribution in [0.3, 0.4) is 0 Å². The van der Waals surface area contributed by atoms with E-state index in [-0.39, 0.29) is 17.9 Å². The molecule has 116 valence electrons. The summed E-state index contributed by atoms with van der Waals surface area (Å²) >= 11 is 0. The van der Waals surface area contributed by atoms with Crippen molar-refractivity contribution in [2.75, 3.05) is 6.54 Å². The van der Waals surface area contributed by atoms with Crippen LogP contribution < -0.4 is 4.72 Å². The summed E-state index contributed by atoms with van der Waals surface area (Å²) in [6, 6.07) is 1.65. The van der Waals surface area contributed by atoms with E-state index < -0.39 is 16.1 Å². The van der Waals surface area contributed by atoms with E-state index in [1.807, 2.05) is 0 Å². The van der Waals surface area contributed by atoms with Crippen molar-refractivity contribution in [3.05, 3.63) is 35.5 Å². The summed E-state index contributed by atoms with van der Waals surface area (Å²) in [6.45, 7) is 3.49. The molecule has 2 heterocycles. The maximum absolute atomic E-state index is 12.3. The number of furan rings is 1. The molecule has 2 aromatic heterocycles. The molecule has 0 aliphatic heterocycles. The van der Waals surface area contributed by atoms with Crippen LogP contribution in [0, 0.1) is 13.8 Å². The lowest BCUT2D eigenvalue weighted by Crippen LogP contribution is -2.26. The SMILES string of the molecule is Cc1nn(C)c(C)c1S(=O)(=O)NCC[C@@H](O)c1ccoc1. The Bertz CT molecular complexity index is 704. The topological polar surface area (TPSA) is 97.4 Å². The van der Waals surface area contributed by atoms with Gasteiger partial charge in [0.1, 0.15) is 4.90 Å². The number of nitrogens with one attached hydrogen (secondary N) is 1. The maximum atomic E-state index is 12.3. The molecule has 0 aliphatic carbocycles. The lowest BCUT2D eigenvalue weighted by atomic mass is 10.1. The Hall–Kier alpha value is -1.64. The molecule has 7 nitrogen and oxygen atoms in total. The number of hydrogen-bond donors (Lipinski definition) is 2. The molecule has 0 aliphatic rings. The first-order chi connectivity index (χ1) is 9.83. The number of hydrogen-bond acceptors (Lipinski definition) is 5. The van der Waals surface area contributed by atoms with Crippen molar-refractivity contribution in [1.82, 2.24) is 14.5 Å². The van der Waals surface area contributed by atoms with Gasteiger partial charge in [0.05, 0.1) is 30.0 Å². The van der Waals surface area contributed by atoms with Gasteiger partial charge in [0.25, 0.3) is 0 Å². The molecule has 0 saturated carbocycles. The van der Waals surface area contributed by atoms with Crippen molar-refractivity contribution in [2.24, 2.45) is 7.05 Å². The fourth-order valence-corrected chi connectivity index (χ4v) is 3.66. The highest BCUT2D eigenvalue weighted by Gasteiger charge is 2.23. The molecule has 2 N–H and O–H groups in total. The van der Waals surface area contributed by atoms with Crippen LogP contribution in [0.25, 0.3) is 0 Å². The van der Waals surface area contributed by atoms with Gasteiger partial charge in [-0.25, -0.2) is 13.1 Å². The molecule has 1 atom stereocenters. The van der Waals surface area contributed by atoms with Crippen LogP contribution in [-0.4, -0.2) is 29.8 Å². The van der Waals surface area contributed by atoms with E-state index >= 15 is 0 Å². The Balaban J connectivity index is 2.02. The minimum absolute atomic E-state index is 0.127. The van der Waals surface area contributed by atoms with Crippen LogP contribution in [0.5, 0.6) is 0 Å². The van der Waals surface area contributed by atoms with Gasteiger partial charge in [0.2, 0.25) is 10.0 Å².